The minimum Gasteiger partial charge on any atom is -0.466 e. The fraction of sp³-hybridized carbons (Fsp3) is 0.632. The molecule has 4 nitrogen and oxygen atoms in total. The zero-order valence-electron chi connectivity index (χ0n) is 14.6. The number of aryl methyl sites for hydroxylation is 1. The lowest BCUT2D eigenvalue weighted by Crippen LogP contribution is -2.48. The molecule has 1 heterocycles. The molecular formula is C19H29NO3. The smallest absolute Gasteiger partial charge is 0.306 e. The predicted octanol–water partition coefficient (Wildman–Crippen LogP) is 2.79. The molecule has 0 saturated carbocycles. The van der Waals surface area contributed by atoms with Crippen molar-refractivity contribution in [3.05, 3.63) is 35.4 Å². The summed E-state index contributed by atoms with van der Waals surface area (Å²) in [5.74, 6) is -0.136. The number of nitrogens with zero attached hydrogens (tertiary/aromatic N) is 1. The lowest BCUT2D eigenvalue weighted by molar-refractivity contribution is -0.151. The highest BCUT2D eigenvalue weighted by Crippen LogP contribution is 2.36. The molecule has 1 fully saturated rings. The molecule has 1 aromatic carbocycles. The van der Waals surface area contributed by atoms with Crippen LogP contribution in [0.4, 0.5) is 0 Å². The molecule has 128 valence electrons. The molecule has 1 aromatic rings. The van der Waals surface area contributed by atoms with Crippen LogP contribution in [-0.4, -0.2) is 51.3 Å². The first kappa shape index (κ1) is 18.0. The van der Waals surface area contributed by atoms with Crippen molar-refractivity contribution in [2.24, 2.45) is 0 Å². The van der Waals surface area contributed by atoms with Gasteiger partial charge >= 0.3 is 5.97 Å². The van der Waals surface area contributed by atoms with Gasteiger partial charge in [0.05, 0.1) is 31.7 Å². The highest BCUT2D eigenvalue weighted by Gasteiger charge is 2.42. The number of hydrogen-bond donors (Lipinski definition) is 0. The quantitative estimate of drug-likeness (QED) is 0.518. The summed E-state index contributed by atoms with van der Waals surface area (Å²) >= 11 is 0. The van der Waals surface area contributed by atoms with E-state index in [0.717, 1.165) is 13.0 Å². The normalized spacial score (nSPS) is 16.2. The summed E-state index contributed by atoms with van der Waals surface area (Å²) < 4.78 is 10.5. The standard InChI is InChI=1S/C19H29NO3/c1-4-23-18(21)13-19(14-22-15-19)17-10-8-16(9-11-17)7-5-6-12-20(2)3/h8-11H,4-7,12-15H2,1-3H3. The molecule has 1 aliphatic rings. The molecule has 4 heteroatoms. The first-order valence-corrected chi connectivity index (χ1v) is 8.53. The molecule has 0 radical (unpaired) electrons. The Morgan fingerprint density at radius 2 is 1.91 bits per heavy atom. The van der Waals surface area contributed by atoms with Crippen LogP contribution in [0.5, 0.6) is 0 Å². The fourth-order valence-electron chi connectivity index (χ4n) is 2.99. The van der Waals surface area contributed by atoms with Crippen LogP contribution in [-0.2, 0) is 26.1 Å². The number of unbranched alkanes of at least 4 members (excludes halogenated alkanes) is 1. The Balaban J connectivity index is 1.91. The molecular weight excluding hydrogens is 290 g/mol. The van der Waals surface area contributed by atoms with Crippen LogP contribution >= 0.6 is 0 Å². The minimum absolute atomic E-state index is 0.136. The van der Waals surface area contributed by atoms with E-state index in [1.54, 1.807) is 0 Å². The van der Waals surface area contributed by atoms with E-state index in [0.29, 0.717) is 26.2 Å². The van der Waals surface area contributed by atoms with Crippen LogP contribution in [0.3, 0.4) is 0 Å². The molecule has 0 bridgehead atoms. The van der Waals surface area contributed by atoms with Gasteiger partial charge in [0.15, 0.2) is 0 Å². The van der Waals surface area contributed by atoms with Crippen molar-refractivity contribution >= 4 is 5.97 Å². The summed E-state index contributed by atoms with van der Waals surface area (Å²) in [6.07, 6.45) is 3.93. The molecule has 0 amide bonds. The van der Waals surface area contributed by atoms with E-state index in [4.69, 9.17) is 9.47 Å². The number of esters is 1. The Hall–Kier alpha value is -1.39. The number of carbonyl (C=O) groups excluding carboxylic acids is 1. The number of hydrogen-bond acceptors (Lipinski definition) is 4. The second-order valence-electron chi connectivity index (χ2n) is 6.71. The van der Waals surface area contributed by atoms with Gasteiger partial charge in [-0.25, -0.2) is 0 Å². The van der Waals surface area contributed by atoms with Crippen LogP contribution in [0.15, 0.2) is 24.3 Å². The highest BCUT2D eigenvalue weighted by atomic mass is 16.5. The lowest BCUT2D eigenvalue weighted by Gasteiger charge is -2.41. The van der Waals surface area contributed by atoms with E-state index >= 15 is 0 Å². The molecule has 1 saturated heterocycles. The Bertz CT molecular complexity index is 492. The van der Waals surface area contributed by atoms with Gasteiger partial charge in [0.2, 0.25) is 0 Å². The summed E-state index contributed by atoms with van der Waals surface area (Å²) in [7, 11) is 4.22. The Kier molecular flexibility index (Phi) is 6.60. The Morgan fingerprint density at radius 3 is 2.43 bits per heavy atom. The van der Waals surface area contributed by atoms with Crippen molar-refractivity contribution in [3.63, 3.8) is 0 Å². The van der Waals surface area contributed by atoms with Gasteiger partial charge in [0.25, 0.3) is 0 Å². The molecule has 0 unspecified atom stereocenters. The van der Waals surface area contributed by atoms with Crippen molar-refractivity contribution in [2.45, 2.75) is 38.0 Å². The van der Waals surface area contributed by atoms with Crippen LogP contribution in [0.1, 0.15) is 37.3 Å². The summed E-state index contributed by atoms with van der Waals surface area (Å²) in [6, 6.07) is 8.69. The molecule has 0 aliphatic carbocycles. The van der Waals surface area contributed by atoms with Gasteiger partial charge in [-0.15, -0.1) is 0 Å². The van der Waals surface area contributed by atoms with Crippen molar-refractivity contribution < 1.29 is 14.3 Å². The molecule has 23 heavy (non-hydrogen) atoms. The molecule has 0 atom stereocenters. The van der Waals surface area contributed by atoms with Gasteiger partial charge < -0.3 is 14.4 Å². The summed E-state index contributed by atoms with van der Waals surface area (Å²) in [5.41, 5.74) is 2.36. The second kappa shape index (κ2) is 8.46. The Morgan fingerprint density at radius 1 is 1.22 bits per heavy atom. The maximum Gasteiger partial charge on any atom is 0.306 e. The third kappa shape index (κ3) is 5.05. The Labute approximate surface area is 139 Å². The molecule has 1 aliphatic heterocycles. The maximum absolute atomic E-state index is 11.8. The van der Waals surface area contributed by atoms with E-state index in [1.165, 1.54) is 24.0 Å². The van der Waals surface area contributed by atoms with E-state index in [-0.39, 0.29) is 11.4 Å². The number of ether oxygens (including phenoxy) is 2. The fourth-order valence-corrected chi connectivity index (χ4v) is 2.99. The van der Waals surface area contributed by atoms with Crippen molar-refractivity contribution in [2.75, 3.05) is 40.5 Å². The number of benzene rings is 1. The van der Waals surface area contributed by atoms with Crippen LogP contribution in [0, 0.1) is 0 Å². The molecule has 0 N–H and O–H groups in total. The van der Waals surface area contributed by atoms with Crippen LogP contribution in [0.2, 0.25) is 0 Å². The lowest BCUT2D eigenvalue weighted by atomic mass is 9.75. The van der Waals surface area contributed by atoms with E-state index in [2.05, 4.69) is 43.3 Å². The summed E-state index contributed by atoms with van der Waals surface area (Å²) in [6.45, 7) is 4.62. The van der Waals surface area contributed by atoms with Crippen LogP contribution < -0.4 is 0 Å². The average molecular weight is 319 g/mol. The third-order valence-electron chi connectivity index (χ3n) is 4.43. The molecule has 0 spiro atoms. The van der Waals surface area contributed by atoms with Gasteiger partial charge in [0.1, 0.15) is 0 Å². The number of rotatable bonds is 9. The van der Waals surface area contributed by atoms with Gasteiger partial charge in [-0.3, -0.25) is 4.79 Å². The van der Waals surface area contributed by atoms with Gasteiger partial charge in [-0.1, -0.05) is 24.3 Å². The summed E-state index contributed by atoms with van der Waals surface area (Å²) in [4.78, 5) is 14.1. The second-order valence-corrected chi connectivity index (χ2v) is 6.71. The maximum atomic E-state index is 11.8. The summed E-state index contributed by atoms with van der Waals surface area (Å²) in [5, 5.41) is 0. The van der Waals surface area contributed by atoms with Crippen molar-refractivity contribution in [1.82, 2.24) is 4.90 Å². The number of carbonyl (C=O) groups is 1. The van der Waals surface area contributed by atoms with E-state index < -0.39 is 0 Å². The molecule has 2 rings (SSSR count). The zero-order valence-corrected chi connectivity index (χ0v) is 14.6. The minimum atomic E-state index is -0.185. The van der Waals surface area contributed by atoms with Crippen molar-refractivity contribution in [3.8, 4) is 0 Å². The van der Waals surface area contributed by atoms with Gasteiger partial charge in [-0.2, -0.15) is 0 Å². The van der Waals surface area contributed by atoms with Gasteiger partial charge in [0, 0.05) is 0 Å². The largest absolute Gasteiger partial charge is 0.466 e. The van der Waals surface area contributed by atoms with Gasteiger partial charge in [-0.05, 0) is 58.0 Å². The predicted molar refractivity (Wildman–Crippen MR) is 91.7 cm³/mol. The van der Waals surface area contributed by atoms with E-state index in [9.17, 15) is 4.79 Å². The van der Waals surface area contributed by atoms with E-state index in [1.807, 2.05) is 6.92 Å². The third-order valence-corrected chi connectivity index (χ3v) is 4.43. The zero-order chi connectivity index (χ0) is 16.7. The first-order valence-electron chi connectivity index (χ1n) is 8.53. The van der Waals surface area contributed by atoms with Crippen LogP contribution in [0.25, 0.3) is 0 Å². The first-order chi connectivity index (χ1) is 11.1. The van der Waals surface area contributed by atoms with Crippen molar-refractivity contribution in [1.29, 1.82) is 0 Å². The highest BCUT2D eigenvalue weighted by molar-refractivity contribution is 5.72. The topological polar surface area (TPSA) is 38.8 Å². The SMILES string of the molecule is CCOC(=O)CC1(c2ccc(CCCCN(C)C)cc2)COC1. The monoisotopic (exact) mass is 319 g/mol. The average Bonchev–Trinajstić information content (AvgIpc) is 2.48. The molecule has 0 aromatic heterocycles.